The highest BCUT2D eigenvalue weighted by molar-refractivity contribution is 7.98. The van der Waals surface area contributed by atoms with Gasteiger partial charge >= 0.3 is 0 Å². The van der Waals surface area contributed by atoms with Gasteiger partial charge in [0.25, 0.3) is 0 Å². The fourth-order valence-electron chi connectivity index (χ4n) is 9.91. The maximum atomic E-state index is 15.2. The molecule has 3 aliphatic rings. The van der Waals surface area contributed by atoms with E-state index in [-0.39, 0.29) is 55.5 Å². The Morgan fingerprint density at radius 2 is 1.69 bits per heavy atom. The second-order valence-corrected chi connectivity index (χ2v) is 19.5. The minimum Gasteiger partial charge on any atom is -0.460 e. The largest absolute Gasteiger partial charge is 0.460 e. The normalized spacial score (nSPS) is 23.2. The molecule has 6 atom stereocenters. The van der Waals surface area contributed by atoms with Crippen LogP contribution in [-0.4, -0.2) is 78.6 Å². The van der Waals surface area contributed by atoms with Gasteiger partial charge in [0, 0.05) is 54.6 Å². The molecule has 1 saturated carbocycles. The van der Waals surface area contributed by atoms with Crippen molar-refractivity contribution in [1.82, 2.24) is 9.29 Å². The molecule has 2 heterocycles. The molecule has 336 valence electrons. The summed E-state index contributed by atoms with van der Waals surface area (Å²) in [6.45, 7) is 4.47. The van der Waals surface area contributed by atoms with Crippen molar-refractivity contribution in [2.75, 3.05) is 33.1 Å². The molecule has 1 aliphatic heterocycles. The van der Waals surface area contributed by atoms with Gasteiger partial charge in [0.1, 0.15) is 28.8 Å². The van der Waals surface area contributed by atoms with Crippen molar-refractivity contribution in [2.45, 2.75) is 79.1 Å². The van der Waals surface area contributed by atoms with Crippen LogP contribution in [0.4, 0.5) is 0 Å². The topological polar surface area (TPSA) is 140 Å². The van der Waals surface area contributed by atoms with Crippen LogP contribution in [0.15, 0.2) is 149 Å². The third-order valence-corrected chi connectivity index (χ3v) is 15.5. The van der Waals surface area contributed by atoms with E-state index < -0.39 is 27.8 Å². The Balaban J connectivity index is 1.33. The minimum absolute atomic E-state index is 0.00104. The summed E-state index contributed by atoms with van der Waals surface area (Å²) in [4.78, 5) is 11.9. The quantitative estimate of drug-likeness (QED) is 0.0336. The summed E-state index contributed by atoms with van der Waals surface area (Å²) in [5.74, 6) is -0.501. The average Bonchev–Trinajstić information content (AvgIpc) is 3.32. The number of para-hydroxylation sites is 1. The summed E-state index contributed by atoms with van der Waals surface area (Å²) in [7, 11) is -2.69. The first-order valence-electron chi connectivity index (χ1n) is 22.1. The molecule has 11 nitrogen and oxygen atoms in total. The summed E-state index contributed by atoms with van der Waals surface area (Å²) in [5.41, 5.74) is 3.72. The van der Waals surface area contributed by atoms with Gasteiger partial charge in [-0.05, 0) is 110 Å². The molecule has 0 spiro atoms. The number of ether oxygens (including phenoxy) is 3. The van der Waals surface area contributed by atoms with Gasteiger partial charge in [0.15, 0.2) is 0 Å². The smallest absolute Gasteiger partial charge is 0.245 e. The van der Waals surface area contributed by atoms with Crippen LogP contribution in [0.25, 0.3) is 10.9 Å². The Bertz CT molecular complexity index is 2570. The van der Waals surface area contributed by atoms with Crippen LogP contribution in [0.3, 0.4) is 0 Å². The van der Waals surface area contributed by atoms with E-state index in [1.807, 2.05) is 85.1 Å². The molecule has 0 saturated heterocycles. The Labute approximate surface area is 380 Å². The van der Waals surface area contributed by atoms with E-state index in [2.05, 4.69) is 23.7 Å². The number of aliphatic hydroxyl groups is 2. The summed E-state index contributed by atoms with van der Waals surface area (Å²) in [5, 5.41) is 25.5. The minimum atomic E-state index is -4.27. The van der Waals surface area contributed by atoms with Crippen molar-refractivity contribution in [3.63, 3.8) is 0 Å². The Hall–Kier alpha value is -5.02. The van der Waals surface area contributed by atoms with Crippen LogP contribution >= 0.6 is 11.8 Å². The van der Waals surface area contributed by atoms with Gasteiger partial charge in [0.2, 0.25) is 15.8 Å². The number of thioether (sulfide) groups is 1. The van der Waals surface area contributed by atoms with Crippen molar-refractivity contribution in [3.8, 4) is 17.2 Å². The van der Waals surface area contributed by atoms with Gasteiger partial charge in [-0.2, -0.15) is 4.31 Å². The fraction of sp³-hybridized carbons (Fsp3) is 0.373. The molecule has 64 heavy (non-hydrogen) atoms. The number of hydrogen-bond donors (Lipinski definition) is 2. The second kappa shape index (κ2) is 20.4. The number of nitrogens with zero attached hydrogens (tertiary/aromatic N) is 3. The van der Waals surface area contributed by atoms with Crippen LogP contribution in [-0.2, 0) is 26.2 Å². The van der Waals surface area contributed by atoms with E-state index in [0.717, 1.165) is 47.3 Å². The van der Waals surface area contributed by atoms with Crippen LogP contribution in [0.5, 0.6) is 17.2 Å². The molecular formula is C51H57N3O8S2. The summed E-state index contributed by atoms with van der Waals surface area (Å²) < 4.78 is 52.7. The van der Waals surface area contributed by atoms with Gasteiger partial charge in [-0.15, -0.1) is 18.3 Å². The first-order valence-corrected chi connectivity index (χ1v) is 24.8. The second-order valence-electron chi connectivity index (χ2n) is 16.7. The van der Waals surface area contributed by atoms with E-state index in [1.165, 1.54) is 4.31 Å². The van der Waals surface area contributed by atoms with Gasteiger partial charge in [-0.1, -0.05) is 78.7 Å². The third kappa shape index (κ3) is 9.24. The number of likely N-dealkylation sites (N-methyl/N-ethyl adjacent to an activating group) is 1. The first kappa shape index (κ1) is 45.5. The molecule has 13 heteroatoms. The van der Waals surface area contributed by atoms with Crippen molar-refractivity contribution in [3.05, 3.63) is 145 Å². The maximum Gasteiger partial charge on any atom is 0.245 e. The maximum absolute atomic E-state index is 15.2. The SMILES string of the molecule is C=CCO[C@@]12Oc3ccc(Oc4ccc(SC)cc4)cc3[C@H]3[C@H](CCCCO)[C@@H](CCCCO)C=C(C(=NOCc4ccccc4)C[C@@H]1N(C)S(=O)(=O)c1cccc4cccnc14)[C@H]32. The monoisotopic (exact) mass is 903 g/mol. The van der Waals surface area contributed by atoms with Gasteiger partial charge < -0.3 is 29.3 Å². The third-order valence-electron chi connectivity index (χ3n) is 12.9. The molecule has 4 aromatic carbocycles. The highest BCUT2D eigenvalue weighted by atomic mass is 32.2. The molecule has 0 bridgehead atoms. The zero-order chi connectivity index (χ0) is 44.7. The predicted molar refractivity (Wildman–Crippen MR) is 251 cm³/mol. The number of pyridine rings is 1. The van der Waals surface area contributed by atoms with Crippen LogP contribution in [0.2, 0.25) is 0 Å². The molecule has 0 amide bonds. The van der Waals surface area contributed by atoms with Crippen LogP contribution in [0, 0.1) is 17.8 Å². The lowest BCUT2D eigenvalue weighted by molar-refractivity contribution is -0.250. The van der Waals surface area contributed by atoms with E-state index in [1.54, 1.807) is 49.3 Å². The van der Waals surface area contributed by atoms with Gasteiger partial charge in [-0.25, -0.2) is 8.42 Å². The Morgan fingerprint density at radius 3 is 2.44 bits per heavy atom. The average molecular weight is 904 g/mol. The highest BCUT2D eigenvalue weighted by Crippen LogP contribution is 2.62. The molecule has 0 unspecified atom stereocenters. The van der Waals surface area contributed by atoms with Crippen LogP contribution in [0.1, 0.15) is 62.0 Å². The van der Waals surface area contributed by atoms with Crippen molar-refractivity contribution in [1.29, 1.82) is 0 Å². The van der Waals surface area contributed by atoms with Crippen LogP contribution < -0.4 is 9.47 Å². The van der Waals surface area contributed by atoms with E-state index in [4.69, 9.17) is 24.2 Å². The standard InChI is InChI=1S/C51H57N3O8S2/c1-4-30-59-51-47(54(2)64(57,58)46-20-12-17-36-18-13-27-52-50(36)46)33-44(53-60-34-35-14-6-5-7-15-35)42-31-37(16-8-10-28-55)41(19-9-11-29-56)48(49(42)51)43-32-39(23-26-45(43)62-51)61-38-21-24-40(63-3)25-22-38/h4-7,12-15,17-18,20-27,31-32,37,41,47-49,55-56H,1,8-11,16,19,28-30,33-34H2,2-3H3/t37-,41+,47-,48+,49+,51+/m0/s1. The summed E-state index contributed by atoms with van der Waals surface area (Å²) in [6.07, 6.45) is 12.1. The van der Waals surface area contributed by atoms with Crippen molar-refractivity contribution >= 4 is 38.4 Å². The number of fused-ring (bicyclic) bond motifs is 3. The molecule has 2 aliphatic carbocycles. The molecule has 1 aromatic heterocycles. The number of hydrogen-bond acceptors (Lipinski definition) is 11. The number of benzene rings is 4. The van der Waals surface area contributed by atoms with E-state index in [9.17, 15) is 10.2 Å². The Morgan fingerprint density at radius 1 is 0.938 bits per heavy atom. The lowest BCUT2D eigenvalue weighted by atomic mass is 9.55. The summed E-state index contributed by atoms with van der Waals surface area (Å²) >= 11 is 1.66. The molecule has 0 radical (unpaired) electrons. The lowest BCUT2D eigenvalue weighted by Gasteiger charge is -2.59. The fourth-order valence-corrected chi connectivity index (χ4v) is 11.9. The first-order chi connectivity index (χ1) is 31.2. The van der Waals surface area contributed by atoms with E-state index in [0.29, 0.717) is 46.7 Å². The number of allylic oxidation sites excluding steroid dienone is 1. The zero-order valence-corrected chi connectivity index (χ0v) is 38.1. The lowest BCUT2D eigenvalue weighted by Crippen LogP contribution is -2.69. The number of unbranched alkanes of at least 4 members (excludes halogenated alkanes) is 2. The van der Waals surface area contributed by atoms with Crippen molar-refractivity contribution < 1.29 is 37.7 Å². The highest BCUT2D eigenvalue weighted by Gasteiger charge is 2.65. The van der Waals surface area contributed by atoms with E-state index >= 15 is 8.42 Å². The number of sulfonamides is 1. The molecular weight excluding hydrogens is 847 g/mol. The van der Waals surface area contributed by atoms with Gasteiger partial charge in [-0.3, -0.25) is 4.98 Å². The predicted octanol–water partition coefficient (Wildman–Crippen LogP) is 9.90. The number of aliphatic hydroxyl groups excluding tert-OH is 2. The number of aromatic nitrogens is 1. The molecule has 5 aromatic rings. The van der Waals surface area contributed by atoms with Gasteiger partial charge in [0.05, 0.1) is 29.8 Å². The Kier molecular flexibility index (Phi) is 14.5. The number of rotatable bonds is 20. The summed E-state index contributed by atoms with van der Waals surface area (Å²) in [6, 6.07) is 31.5. The number of oxime groups is 1. The molecule has 2 N–H and O–H groups in total. The van der Waals surface area contributed by atoms with Crippen molar-refractivity contribution in [2.24, 2.45) is 22.9 Å². The molecule has 1 fully saturated rings. The molecule has 8 rings (SSSR count). The zero-order valence-electron chi connectivity index (χ0n) is 36.4.